The van der Waals surface area contributed by atoms with Gasteiger partial charge in [-0.1, -0.05) is 76.1 Å². The van der Waals surface area contributed by atoms with Crippen molar-refractivity contribution in [3.63, 3.8) is 0 Å². The van der Waals surface area contributed by atoms with Crippen LogP contribution in [0.3, 0.4) is 0 Å². The van der Waals surface area contributed by atoms with Crippen LogP contribution in [0.1, 0.15) is 93.2 Å². The Bertz CT molecular complexity index is 2790. The number of carboxylic acid groups (broad SMARTS) is 6. The van der Waals surface area contributed by atoms with E-state index >= 15 is 0 Å². The lowest BCUT2D eigenvalue weighted by molar-refractivity contribution is -0.385. The molecule has 0 bridgehead atoms. The molecule has 0 saturated carbocycles. The van der Waals surface area contributed by atoms with Crippen molar-refractivity contribution < 1.29 is 107 Å². The first-order chi connectivity index (χ1) is 35.6. The van der Waals surface area contributed by atoms with E-state index in [0.29, 0.717) is 18.6 Å². The smallest absolute Gasteiger partial charge is 0.380 e. The van der Waals surface area contributed by atoms with Gasteiger partial charge in [0, 0.05) is 60.0 Å². The number of furan rings is 2. The highest BCUT2D eigenvalue weighted by molar-refractivity contribution is 7.81. The highest BCUT2D eigenvalue weighted by Crippen LogP contribution is 2.19. The number of nitrogens with one attached hydrogen (secondary N) is 1. The van der Waals surface area contributed by atoms with Crippen LogP contribution < -0.4 is 0 Å². The van der Waals surface area contributed by atoms with Crippen LogP contribution in [0.2, 0.25) is 0 Å². The van der Waals surface area contributed by atoms with E-state index in [-0.39, 0.29) is 48.3 Å². The number of hydrogen-bond donors (Lipinski definition) is 8. The Kier molecular flexibility index (Phi) is 34.3. The van der Waals surface area contributed by atoms with Gasteiger partial charge in [0.2, 0.25) is 34.0 Å². The lowest BCUT2D eigenvalue weighted by Gasteiger charge is -1.99. The third kappa shape index (κ3) is 30.3. The molecule has 5 rings (SSSR count). The minimum atomic E-state index is -1.59. The van der Waals surface area contributed by atoms with Crippen LogP contribution in [-0.2, 0) is 72.0 Å². The van der Waals surface area contributed by atoms with Crippen molar-refractivity contribution in [2.75, 3.05) is 0 Å². The molecule has 0 aliphatic rings. The highest BCUT2D eigenvalue weighted by atomic mass is 32.1. The maximum absolute atomic E-state index is 11.0. The molecule has 0 fully saturated rings. The van der Waals surface area contributed by atoms with E-state index in [1.165, 1.54) is 55.8 Å². The SMILES string of the molecule is C=C(C)C(=O)O.CCCC(=O)C(=O)O.CCCCCCC(=O)C(=O)O.O=C(Cc1ccco1)C(O)=S.O=C(O)C(=O)Cc1c[nH]c2ccccc12.O=C(O)C(=O)Cc1ccccc1[N+](=O)[O-].O=C(O)C(=O)c1ccco1. The molecule has 25 nitrogen and oxygen atoms in total. The van der Waals surface area contributed by atoms with E-state index in [0.717, 1.165) is 35.7 Å². The molecule has 0 aliphatic carbocycles. The number of Topliss-reactive ketones (excluding diaryl/α,β-unsaturated/α-hetero) is 6. The number of rotatable bonds is 22. The molecule has 3 aromatic heterocycles. The largest absolute Gasteiger partial charge is 0.496 e. The summed E-state index contributed by atoms with van der Waals surface area (Å²) in [5, 5.41) is 68.4. The fourth-order valence-electron chi connectivity index (χ4n) is 4.93. The van der Waals surface area contributed by atoms with E-state index in [1.807, 2.05) is 24.3 Å². The van der Waals surface area contributed by atoms with Crippen molar-refractivity contribution in [2.24, 2.45) is 0 Å². The standard InChI is InChI=1S/C11H9NO3.C9H7NO5.C8H14O3.C7H6O3S.C6H4O4.C5H8O3.C4H6O2/c13-10(11(14)15)5-7-6-12-9-4-2-1-3-8(7)9;11-8(9(12)13)5-6-3-1-2-4-7(6)10(14)15;1-2-3-4-5-6-7(9)8(10)11;8-6(7(9)11)4-5-2-1-3-10-5;7-5(6(8)9)4-2-1-3-10-4;1-2-3-4(6)5(7)8;1-3(2)4(5)6/h1-4,6,12H,5H2,(H,14,15);1-4H,5H2,(H,12,13);2-6H2,1H3,(H,10,11);1-3H,4H2,(H,9,11);1-3H,(H,8,9);2-3H2,1H3,(H,7,8);1H2,2H3,(H,5,6). The van der Waals surface area contributed by atoms with Crippen LogP contribution in [0.25, 0.3) is 10.9 Å². The summed E-state index contributed by atoms with van der Waals surface area (Å²) in [6.07, 6.45) is 8.65. The number of carbonyl (C=O) groups excluding carboxylic acids is 6. The number of nitro benzene ring substituents is 1. The summed E-state index contributed by atoms with van der Waals surface area (Å²) < 4.78 is 9.39. The predicted octanol–water partition coefficient (Wildman–Crippen LogP) is 6.68. The van der Waals surface area contributed by atoms with Gasteiger partial charge in [-0.3, -0.25) is 38.9 Å². The number of carboxylic acids is 6. The lowest BCUT2D eigenvalue weighted by Crippen LogP contribution is -2.15. The molecule has 0 spiro atoms. The average molecular weight is 1080 g/mol. The van der Waals surface area contributed by atoms with Gasteiger partial charge in [0.15, 0.2) is 5.76 Å². The molecule has 0 radical (unpaired) electrons. The van der Waals surface area contributed by atoms with Gasteiger partial charge in [0.05, 0.1) is 23.9 Å². The molecule has 2 aromatic carbocycles. The normalized spacial score (nSPS) is 9.41. The number of fused-ring (bicyclic) bond motifs is 1. The number of aliphatic hydroxyl groups is 1. The molecular formula is C50H54N2O23S. The second-order valence-corrected chi connectivity index (χ2v) is 15.1. The number of nitro groups is 1. The molecule has 0 unspecified atom stereocenters. The van der Waals surface area contributed by atoms with Crippen LogP contribution in [0, 0.1) is 10.1 Å². The number of aromatic nitrogens is 1. The monoisotopic (exact) mass is 1080 g/mol. The molecular weight excluding hydrogens is 1030 g/mol. The number of aliphatic carboxylic acids is 6. The number of thiocarbonyl (C=S) groups is 1. The fourth-order valence-corrected chi connectivity index (χ4v) is 5.00. The minimum Gasteiger partial charge on any atom is -0.496 e. The first kappa shape index (κ1) is 68.5. The van der Waals surface area contributed by atoms with Gasteiger partial charge in [-0.05, 0) is 67.9 Å². The number of para-hydroxylation sites is 2. The molecule has 5 aromatic rings. The van der Waals surface area contributed by atoms with Crippen molar-refractivity contribution in [3.8, 4) is 0 Å². The van der Waals surface area contributed by atoms with Gasteiger partial charge in [-0.15, -0.1) is 0 Å². The Morgan fingerprint density at radius 3 is 1.50 bits per heavy atom. The van der Waals surface area contributed by atoms with Gasteiger partial charge >= 0.3 is 41.6 Å². The Morgan fingerprint density at radius 2 is 1.07 bits per heavy atom. The number of benzene rings is 2. The first-order valence-corrected chi connectivity index (χ1v) is 22.3. The van der Waals surface area contributed by atoms with Gasteiger partial charge in [-0.2, -0.15) is 0 Å². The maximum atomic E-state index is 11.0. The van der Waals surface area contributed by atoms with E-state index in [2.05, 4.69) is 35.1 Å². The van der Waals surface area contributed by atoms with Crippen LogP contribution in [0.5, 0.6) is 0 Å². The van der Waals surface area contributed by atoms with Crippen molar-refractivity contribution in [2.45, 2.75) is 85.0 Å². The summed E-state index contributed by atoms with van der Waals surface area (Å²) in [7, 11) is 0. The van der Waals surface area contributed by atoms with Gasteiger partial charge < -0.3 is 49.6 Å². The van der Waals surface area contributed by atoms with Crippen LogP contribution in [-0.4, -0.2) is 121 Å². The minimum absolute atomic E-state index is 0.0301. The average Bonchev–Trinajstić information content (AvgIpc) is 4.18. The van der Waals surface area contributed by atoms with Gasteiger partial charge in [-0.25, -0.2) is 28.8 Å². The number of unbranched alkanes of at least 4 members (excludes halogenated alkanes) is 3. The van der Waals surface area contributed by atoms with Crippen molar-refractivity contribution in [1.82, 2.24) is 4.98 Å². The lowest BCUT2D eigenvalue weighted by atomic mass is 10.1. The molecule has 26 heteroatoms. The van der Waals surface area contributed by atoms with E-state index in [4.69, 9.17) is 40.2 Å². The number of ketones is 6. The Hall–Kier alpha value is -9.59. The summed E-state index contributed by atoms with van der Waals surface area (Å²) in [4.78, 5) is 137. The van der Waals surface area contributed by atoms with Crippen LogP contribution in [0.15, 0.2) is 113 Å². The Labute approximate surface area is 436 Å². The molecule has 408 valence electrons. The zero-order valence-electron chi connectivity index (χ0n) is 41.0. The molecule has 76 heavy (non-hydrogen) atoms. The Morgan fingerprint density at radius 1 is 0.566 bits per heavy atom. The number of carbonyl (C=O) groups is 12. The summed E-state index contributed by atoms with van der Waals surface area (Å²) in [5.74, 6) is -12.4. The zero-order valence-corrected chi connectivity index (χ0v) is 41.8. The second kappa shape index (κ2) is 38.1. The van der Waals surface area contributed by atoms with Crippen molar-refractivity contribution in [1.29, 1.82) is 0 Å². The van der Waals surface area contributed by atoms with Crippen molar-refractivity contribution in [3.05, 3.63) is 136 Å². The molecule has 0 atom stereocenters. The summed E-state index contributed by atoms with van der Waals surface area (Å²) in [6, 6.07) is 19.1. The number of H-pyrrole nitrogens is 1. The molecule has 0 aliphatic heterocycles. The quantitative estimate of drug-likeness (QED) is 0.00681. The molecule has 0 amide bonds. The van der Waals surface area contributed by atoms with Gasteiger partial charge in [0.25, 0.3) is 5.69 Å². The highest BCUT2D eigenvalue weighted by Gasteiger charge is 2.20. The molecule has 0 saturated heterocycles. The number of hydrogen-bond acceptors (Lipinski definition) is 17. The number of aromatic amines is 1. The first-order valence-electron chi connectivity index (χ1n) is 21.9. The molecule has 8 N–H and O–H groups in total. The summed E-state index contributed by atoms with van der Waals surface area (Å²) in [5.41, 5.74) is 1.67. The predicted molar refractivity (Wildman–Crippen MR) is 269 cm³/mol. The van der Waals surface area contributed by atoms with Crippen LogP contribution >= 0.6 is 12.2 Å². The van der Waals surface area contributed by atoms with E-state index < -0.39 is 86.9 Å². The fraction of sp³-hybridized carbons (Fsp3) is 0.260. The van der Waals surface area contributed by atoms with E-state index in [1.54, 1.807) is 25.3 Å². The van der Waals surface area contributed by atoms with Crippen molar-refractivity contribution >= 4 is 104 Å². The Balaban J connectivity index is 0. The van der Waals surface area contributed by atoms with E-state index in [9.17, 15) is 67.6 Å². The number of nitrogens with zero attached hydrogens (tertiary/aromatic N) is 1. The summed E-state index contributed by atoms with van der Waals surface area (Å²) in [6.45, 7) is 8.44. The third-order valence-electron chi connectivity index (χ3n) is 8.71. The van der Waals surface area contributed by atoms with Crippen LogP contribution in [0.4, 0.5) is 5.69 Å². The second-order valence-electron chi connectivity index (χ2n) is 14.8. The topological polar surface area (TPSA) is 432 Å². The number of aliphatic hydroxyl groups excluding tert-OH is 1. The van der Waals surface area contributed by atoms with Gasteiger partial charge in [0.1, 0.15) is 5.76 Å². The maximum Gasteiger partial charge on any atom is 0.380 e. The third-order valence-corrected chi connectivity index (χ3v) is 8.94. The molecule has 3 heterocycles. The summed E-state index contributed by atoms with van der Waals surface area (Å²) >= 11 is 4.26. The zero-order chi connectivity index (χ0) is 58.5.